The zero-order chi connectivity index (χ0) is 26.1. The highest BCUT2D eigenvalue weighted by atomic mass is 19.4. The Morgan fingerprint density at radius 3 is 2.50 bits per heavy atom. The molecule has 0 aliphatic carbocycles. The van der Waals surface area contributed by atoms with Gasteiger partial charge in [0.25, 0.3) is 5.91 Å². The Morgan fingerprint density at radius 1 is 1.17 bits per heavy atom. The molecule has 0 radical (unpaired) electrons. The van der Waals surface area contributed by atoms with E-state index in [9.17, 15) is 22.4 Å². The summed E-state index contributed by atoms with van der Waals surface area (Å²) >= 11 is 0. The second-order valence-corrected chi connectivity index (χ2v) is 7.77. The first kappa shape index (κ1) is 26.7. The SMILES string of the molecule is O=C(O)C(F)(F)F.O=C(c1ccc(NCCn2ccnc2)cc1)N1CCOC(c2cccc(F)c2)C1. The number of nitrogens with zero attached hydrogens (tertiary/aromatic N) is 3. The van der Waals surface area contributed by atoms with Gasteiger partial charge in [-0.05, 0) is 42.0 Å². The molecule has 0 spiro atoms. The van der Waals surface area contributed by atoms with Crippen LogP contribution in [0.1, 0.15) is 22.0 Å². The van der Waals surface area contributed by atoms with Gasteiger partial charge in [-0.3, -0.25) is 4.79 Å². The number of ether oxygens (including phenoxy) is 1. The van der Waals surface area contributed by atoms with Gasteiger partial charge in [-0.25, -0.2) is 14.2 Å². The van der Waals surface area contributed by atoms with Crippen molar-refractivity contribution in [2.24, 2.45) is 0 Å². The van der Waals surface area contributed by atoms with Gasteiger partial charge in [0, 0.05) is 43.3 Å². The lowest BCUT2D eigenvalue weighted by molar-refractivity contribution is -0.192. The van der Waals surface area contributed by atoms with Crippen molar-refractivity contribution < 1.29 is 37.0 Å². The second kappa shape index (κ2) is 12.2. The molecule has 1 aromatic heterocycles. The molecular formula is C24H24F4N4O4. The Labute approximate surface area is 204 Å². The summed E-state index contributed by atoms with van der Waals surface area (Å²) in [6.07, 6.45) is 0.0592. The maximum absolute atomic E-state index is 13.5. The third-order valence-corrected chi connectivity index (χ3v) is 5.21. The van der Waals surface area contributed by atoms with Crippen LogP contribution in [-0.2, 0) is 16.1 Å². The third kappa shape index (κ3) is 7.80. The molecule has 36 heavy (non-hydrogen) atoms. The summed E-state index contributed by atoms with van der Waals surface area (Å²) in [5.74, 6) is -3.10. The number of aliphatic carboxylic acids is 1. The number of aromatic nitrogens is 2. The lowest BCUT2D eigenvalue weighted by Gasteiger charge is -2.33. The van der Waals surface area contributed by atoms with Gasteiger partial charge in [0.2, 0.25) is 0 Å². The molecule has 1 aliphatic heterocycles. The molecule has 2 heterocycles. The number of carboxylic acid groups (broad SMARTS) is 1. The molecule has 2 aromatic carbocycles. The summed E-state index contributed by atoms with van der Waals surface area (Å²) in [4.78, 5) is 27.6. The minimum Gasteiger partial charge on any atom is -0.475 e. The van der Waals surface area contributed by atoms with Crippen molar-refractivity contribution in [3.63, 3.8) is 0 Å². The standard InChI is InChI=1S/C22H23FN4O2.C2HF3O2/c23-19-3-1-2-18(14-19)21-15-27(12-13-29-21)22(28)17-4-6-20(7-5-17)25-9-11-26-10-8-24-16-26;3-2(4,5)1(6)7/h1-8,10,14,16,21,25H,9,11-13,15H2;(H,6,7). The first-order chi connectivity index (χ1) is 17.1. The van der Waals surface area contributed by atoms with Crippen LogP contribution in [0.5, 0.6) is 0 Å². The molecule has 1 aliphatic rings. The van der Waals surface area contributed by atoms with Gasteiger partial charge in [0.05, 0.1) is 19.5 Å². The molecule has 2 N–H and O–H groups in total. The number of nitrogens with one attached hydrogen (secondary N) is 1. The Hall–Kier alpha value is -3.93. The van der Waals surface area contributed by atoms with E-state index in [1.807, 2.05) is 41.1 Å². The van der Waals surface area contributed by atoms with Gasteiger partial charge in [-0.15, -0.1) is 0 Å². The Bertz CT molecular complexity index is 1140. The Kier molecular flexibility index (Phi) is 9.01. The van der Waals surface area contributed by atoms with Crippen molar-refractivity contribution in [3.8, 4) is 0 Å². The van der Waals surface area contributed by atoms with Crippen LogP contribution in [-0.4, -0.2) is 63.9 Å². The van der Waals surface area contributed by atoms with E-state index in [-0.39, 0.29) is 17.8 Å². The lowest BCUT2D eigenvalue weighted by Crippen LogP contribution is -2.42. The topological polar surface area (TPSA) is 96.7 Å². The van der Waals surface area contributed by atoms with Crippen molar-refractivity contribution in [2.45, 2.75) is 18.8 Å². The molecule has 192 valence electrons. The van der Waals surface area contributed by atoms with Crippen molar-refractivity contribution >= 4 is 17.6 Å². The monoisotopic (exact) mass is 508 g/mol. The number of morpholine rings is 1. The summed E-state index contributed by atoms with van der Waals surface area (Å²) in [6.45, 7) is 2.95. The average molecular weight is 508 g/mol. The van der Waals surface area contributed by atoms with Crippen LogP contribution in [0.2, 0.25) is 0 Å². The summed E-state index contributed by atoms with van der Waals surface area (Å²) in [7, 11) is 0. The smallest absolute Gasteiger partial charge is 0.475 e. The van der Waals surface area contributed by atoms with E-state index in [1.165, 1.54) is 12.1 Å². The van der Waals surface area contributed by atoms with Gasteiger partial charge in [0.15, 0.2) is 0 Å². The zero-order valence-electron chi connectivity index (χ0n) is 19.0. The molecule has 1 amide bonds. The van der Waals surface area contributed by atoms with E-state index in [0.717, 1.165) is 24.3 Å². The molecule has 0 bridgehead atoms. The van der Waals surface area contributed by atoms with Crippen LogP contribution in [0.3, 0.4) is 0 Å². The first-order valence-corrected chi connectivity index (χ1v) is 10.9. The summed E-state index contributed by atoms with van der Waals surface area (Å²) < 4.78 is 53.0. The minimum atomic E-state index is -5.08. The number of anilines is 1. The molecule has 1 saturated heterocycles. The number of carbonyl (C=O) groups is 2. The molecule has 12 heteroatoms. The number of halogens is 4. The van der Waals surface area contributed by atoms with Crippen LogP contribution in [0.15, 0.2) is 67.3 Å². The van der Waals surface area contributed by atoms with E-state index < -0.39 is 12.1 Å². The lowest BCUT2D eigenvalue weighted by atomic mass is 10.1. The summed E-state index contributed by atoms with van der Waals surface area (Å²) in [5.41, 5.74) is 2.34. The van der Waals surface area contributed by atoms with Crippen LogP contribution in [0, 0.1) is 5.82 Å². The normalized spacial score (nSPS) is 15.6. The molecular weight excluding hydrogens is 484 g/mol. The summed E-state index contributed by atoms with van der Waals surface area (Å²) in [5, 5.41) is 10.5. The van der Waals surface area contributed by atoms with Crippen LogP contribution < -0.4 is 5.32 Å². The Balaban J connectivity index is 0.000000454. The van der Waals surface area contributed by atoms with E-state index >= 15 is 0 Å². The third-order valence-electron chi connectivity index (χ3n) is 5.21. The quantitative estimate of drug-likeness (QED) is 0.489. The predicted molar refractivity (Wildman–Crippen MR) is 122 cm³/mol. The highest BCUT2D eigenvalue weighted by molar-refractivity contribution is 5.94. The zero-order valence-corrected chi connectivity index (χ0v) is 19.0. The fraction of sp³-hybridized carbons (Fsp3) is 0.292. The van der Waals surface area contributed by atoms with Crippen molar-refractivity contribution in [1.82, 2.24) is 14.5 Å². The maximum Gasteiger partial charge on any atom is 0.490 e. The molecule has 0 saturated carbocycles. The number of imidazole rings is 1. The van der Waals surface area contributed by atoms with Gasteiger partial charge in [-0.2, -0.15) is 13.2 Å². The number of hydrogen-bond acceptors (Lipinski definition) is 5. The highest BCUT2D eigenvalue weighted by Gasteiger charge is 2.38. The summed E-state index contributed by atoms with van der Waals surface area (Å²) in [6, 6.07) is 13.8. The number of hydrogen-bond donors (Lipinski definition) is 2. The number of rotatable bonds is 6. The highest BCUT2D eigenvalue weighted by Crippen LogP contribution is 2.24. The van der Waals surface area contributed by atoms with E-state index in [1.54, 1.807) is 23.5 Å². The first-order valence-electron chi connectivity index (χ1n) is 10.9. The molecule has 1 atom stereocenters. The van der Waals surface area contributed by atoms with Gasteiger partial charge >= 0.3 is 12.1 Å². The van der Waals surface area contributed by atoms with Crippen molar-refractivity contribution in [3.05, 3.63) is 84.2 Å². The van der Waals surface area contributed by atoms with E-state index in [2.05, 4.69) is 10.3 Å². The fourth-order valence-electron chi connectivity index (χ4n) is 3.40. The Morgan fingerprint density at radius 2 is 1.89 bits per heavy atom. The molecule has 4 rings (SSSR count). The average Bonchev–Trinajstić information content (AvgIpc) is 3.37. The van der Waals surface area contributed by atoms with Crippen LogP contribution >= 0.6 is 0 Å². The maximum atomic E-state index is 13.5. The molecule has 1 unspecified atom stereocenters. The van der Waals surface area contributed by atoms with Crippen molar-refractivity contribution in [1.29, 1.82) is 0 Å². The van der Waals surface area contributed by atoms with E-state index in [4.69, 9.17) is 14.6 Å². The second-order valence-electron chi connectivity index (χ2n) is 7.77. The number of carboxylic acids is 1. The van der Waals surface area contributed by atoms with Crippen molar-refractivity contribution in [2.75, 3.05) is 31.6 Å². The molecule has 1 fully saturated rings. The van der Waals surface area contributed by atoms with Crippen LogP contribution in [0.4, 0.5) is 23.2 Å². The minimum absolute atomic E-state index is 0.0420. The number of benzene rings is 2. The fourth-order valence-corrected chi connectivity index (χ4v) is 3.40. The van der Waals surface area contributed by atoms with Gasteiger partial charge in [0.1, 0.15) is 11.9 Å². The van der Waals surface area contributed by atoms with Gasteiger partial charge < -0.3 is 24.6 Å². The number of alkyl halides is 3. The number of amides is 1. The predicted octanol–water partition coefficient (Wildman–Crippen LogP) is 3.98. The number of carbonyl (C=O) groups excluding carboxylic acids is 1. The molecule has 8 nitrogen and oxygen atoms in total. The van der Waals surface area contributed by atoms with Crippen LogP contribution in [0.25, 0.3) is 0 Å². The van der Waals surface area contributed by atoms with E-state index in [0.29, 0.717) is 25.3 Å². The largest absolute Gasteiger partial charge is 0.490 e. The molecule has 3 aromatic rings. The van der Waals surface area contributed by atoms with Gasteiger partial charge in [-0.1, -0.05) is 12.1 Å².